The SMILES string of the molecule is CC1=C=C(NS(C)(=O)=O)C(c2ccc(C)c(C)c2)=C(C)C(C2CCC(C)(C)CC2C)=C1C(C)(OC(C)(C)C)C(=O)O. The minimum Gasteiger partial charge on any atom is -0.479 e. The molecule has 0 amide bonds. The Bertz CT molecular complexity index is 1480. The van der Waals surface area contributed by atoms with E-state index in [1.54, 1.807) is 6.92 Å². The fraction of sp³-hybridized carbons (Fsp3) is 0.588. The van der Waals surface area contributed by atoms with E-state index in [0.29, 0.717) is 22.4 Å². The van der Waals surface area contributed by atoms with Crippen molar-refractivity contribution in [3.63, 3.8) is 0 Å². The maximum Gasteiger partial charge on any atom is 0.340 e. The number of rotatable bonds is 7. The summed E-state index contributed by atoms with van der Waals surface area (Å²) in [6.07, 6.45) is 4.01. The molecule has 1 aromatic carbocycles. The monoisotopic (exact) mass is 583 g/mol. The number of allylic oxidation sites excluding steroid dienone is 2. The second kappa shape index (κ2) is 11.2. The fourth-order valence-electron chi connectivity index (χ4n) is 6.81. The highest BCUT2D eigenvalue weighted by Gasteiger charge is 2.47. The quantitative estimate of drug-likeness (QED) is 0.325. The van der Waals surface area contributed by atoms with Crippen LogP contribution in [0, 0.1) is 31.1 Å². The molecule has 6 nitrogen and oxygen atoms in total. The summed E-state index contributed by atoms with van der Waals surface area (Å²) in [5.41, 5.74) is 8.01. The molecule has 226 valence electrons. The lowest BCUT2D eigenvalue weighted by molar-refractivity contribution is -0.172. The number of carbonyl (C=O) groups is 1. The average Bonchev–Trinajstić information content (AvgIpc) is 2.86. The molecule has 7 heteroatoms. The van der Waals surface area contributed by atoms with Gasteiger partial charge < -0.3 is 9.84 Å². The van der Waals surface area contributed by atoms with E-state index in [9.17, 15) is 18.3 Å². The highest BCUT2D eigenvalue weighted by Crippen LogP contribution is 2.51. The predicted molar refractivity (Wildman–Crippen MR) is 167 cm³/mol. The molecule has 0 spiro atoms. The molecule has 2 N–H and O–H groups in total. The first-order chi connectivity index (χ1) is 18.6. The van der Waals surface area contributed by atoms with Crippen molar-refractivity contribution in [2.75, 3.05) is 6.26 Å². The summed E-state index contributed by atoms with van der Waals surface area (Å²) in [5.74, 6) is -0.773. The van der Waals surface area contributed by atoms with Crippen molar-refractivity contribution in [2.45, 2.75) is 107 Å². The van der Waals surface area contributed by atoms with Crippen LogP contribution in [0.1, 0.15) is 98.3 Å². The summed E-state index contributed by atoms with van der Waals surface area (Å²) >= 11 is 0. The van der Waals surface area contributed by atoms with Crippen molar-refractivity contribution >= 4 is 21.6 Å². The average molecular weight is 584 g/mol. The molecular weight excluding hydrogens is 534 g/mol. The van der Waals surface area contributed by atoms with Crippen molar-refractivity contribution in [1.29, 1.82) is 0 Å². The van der Waals surface area contributed by atoms with Crippen LogP contribution in [0.3, 0.4) is 0 Å². The zero-order valence-corrected chi connectivity index (χ0v) is 27.8. The van der Waals surface area contributed by atoms with Crippen LogP contribution in [0.4, 0.5) is 0 Å². The van der Waals surface area contributed by atoms with Gasteiger partial charge in [-0.05, 0) is 120 Å². The highest BCUT2D eigenvalue weighted by atomic mass is 32.2. The second-order valence-electron chi connectivity index (χ2n) is 14.1. The number of carboxylic acids is 1. The van der Waals surface area contributed by atoms with Crippen LogP contribution in [0.5, 0.6) is 0 Å². The number of carboxylic acid groups (broad SMARTS) is 1. The molecule has 1 fully saturated rings. The van der Waals surface area contributed by atoms with Crippen LogP contribution in [0.2, 0.25) is 0 Å². The van der Waals surface area contributed by atoms with Crippen molar-refractivity contribution in [3.05, 3.63) is 68.6 Å². The van der Waals surface area contributed by atoms with Gasteiger partial charge >= 0.3 is 5.97 Å². The summed E-state index contributed by atoms with van der Waals surface area (Å²) in [6, 6.07) is 6.10. The zero-order chi connectivity index (χ0) is 31.3. The lowest BCUT2D eigenvalue weighted by atomic mass is 9.63. The van der Waals surface area contributed by atoms with Crippen LogP contribution in [-0.2, 0) is 19.6 Å². The van der Waals surface area contributed by atoms with Gasteiger partial charge in [0.25, 0.3) is 0 Å². The fourth-order valence-corrected chi connectivity index (χ4v) is 7.34. The van der Waals surface area contributed by atoms with Gasteiger partial charge in [-0.3, -0.25) is 4.72 Å². The number of hydrogen-bond donors (Lipinski definition) is 2. The molecule has 3 unspecified atom stereocenters. The maximum atomic E-state index is 13.2. The van der Waals surface area contributed by atoms with Gasteiger partial charge in [-0.25, -0.2) is 13.2 Å². The van der Waals surface area contributed by atoms with Gasteiger partial charge in [0.2, 0.25) is 10.0 Å². The molecule has 0 radical (unpaired) electrons. The van der Waals surface area contributed by atoms with Crippen molar-refractivity contribution in [2.24, 2.45) is 17.3 Å². The Labute approximate surface area is 247 Å². The van der Waals surface area contributed by atoms with Crippen LogP contribution < -0.4 is 4.72 Å². The first kappa shape index (κ1) is 32.9. The van der Waals surface area contributed by atoms with Crippen LogP contribution in [0.15, 0.2) is 51.9 Å². The minimum atomic E-state index is -3.68. The predicted octanol–water partition coefficient (Wildman–Crippen LogP) is 7.49. The lowest BCUT2D eigenvalue weighted by Gasteiger charge is -2.43. The number of nitrogens with one attached hydrogen (secondary N) is 1. The van der Waals surface area contributed by atoms with Crippen LogP contribution in [-0.4, -0.2) is 37.0 Å². The Morgan fingerprint density at radius 2 is 1.71 bits per heavy atom. The van der Waals surface area contributed by atoms with E-state index in [1.807, 2.05) is 60.6 Å². The summed E-state index contributed by atoms with van der Waals surface area (Å²) in [6.45, 7) is 21.9. The Balaban J connectivity index is 2.56. The van der Waals surface area contributed by atoms with Gasteiger partial charge in [0.15, 0.2) is 5.60 Å². The molecule has 3 rings (SSSR count). The minimum absolute atomic E-state index is 0.0520. The first-order valence-electron chi connectivity index (χ1n) is 14.5. The normalized spacial score (nSPS) is 23.4. The molecular formula is C34H49NO5S. The molecule has 0 aliphatic heterocycles. The van der Waals surface area contributed by atoms with Crippen molar-refractivity contribution < 1.29 is 23.1 Å². The van der Waals surface area contributed by atoms with E-state index in [0.717, 1.165) is 53.4 Å². The van der Waals surface area contributed by atoms with E-state index in [1.165, 1.54) is 0 Å². The topological polar surface area (TPSA) is 92.7 Å². The summed E-state index contributed by atoms with van der Waals surface area (Å²) in [4.78, 5) is 13.2. The maximum absolute atomic E-state index is 13.2. The number of aliphatic carboxylic acids is 1. The van der Waals surface area contributed by atoms with Gasteiger partial charge in [-0.15, -0.1) is 0 Å². The van der Waals surface area contributed by atoms with Crippen LogP contribution >= 0.6 is 0 Å². The number of sulfonamides is 1. The Kier molecular flexibility index (Phi) is 9.02. The molecule has 2 aliphatic rings. The zero-order valence-electron chi connectivity index (χ0n) is 27.0. The van der Waals surface area contributed by atoms with Crippen molar-refractivity contribution in [3.8, 4) is 0 Å². The number of hydrogen-bond acceptors (Lipinski definition) is 4. The highest BCUT2D eigenvalue weighted by molar-refractivity contribution is 7.88. The van der Waals surface area contributed by atoms with Gasteiger partial charge in [0, 0.05) is 16.7 Å². The van der Waals surface area contributed by atoms with Crippen LogP contribution in [0.25, 0.3) is 5.57 Å². The Morgan fingerprint density at radius 1 is 1.10 bits per heavy atom. The van der Waals surface area contributed by atoms with E-state index >= 15 is 0 Å². The Morgan fingerprint density at radius 3 is 2.20 bits per heavy atom. The third kappa shape index (κ3) is 7.25. The van der Waals surface area contributed by atoms with E-state index < -0.39 is 27.2 Å². The molecule has 0 bridgehead atoms. The molecule has 1 saturated carbocycles. The summed E-state index contributed by atoms with van der Waals surface area (Å²) in [5, 5.41) is 10.8. The van der Waals surface area contributed by atoms with Gasteiger partial charge in [0.1, 0.15) is 0 Å². The third-order valence-corrected chi connectivity index (χ3v) is 9.10. The first-order valence-corrected chi connectivity index (χ1v) is 16.4. The lowest BCUT2D eigenvalue weighted by Crippen LogP contribution is -2.47. The molecule has 0 heterocycles. The molecule has 2 aliphatic carbocycles. The molecule has 0 aromatic heterocycles. The molecule has 41 heavy (non-hydrogen) atoms. The van der Waals surface area contributed by atoms with E-state index in [4.69, 9.17) is 4.74 Å². The second-order valence-corrected chi connectivity index (χ2v) is 15.9. The number of aryl methyl sites for hydroxylation is 2. The number of benzene rings is 1. The van der Waals surface area contributed by atoms with Crippen molar-refractivity contribution in [1.82, 2.24) is 4.72 Å². The molecule has 3 atom stereocenters. The van der Waals surface area contributed by atoms with E-state index in [2.05, 4.69) is 37.3 Å². The number of ether oxygens (including phenoxy) is 1. The third-order valence-electron chi connectivity index (χ3n) is 8.53. The smallest absolute Gasteiger partial charge is 0.340 e. The summed E-state index contributed by atoms with van der Waals surface area (Å²) in [7, 11) is -3.68. The molecule has 1 aromatic rings. The summed E-state index contributed by atoms with van der Waals surface area (Å²) < 4.78 is 34.5. The van der Waals surface area contributed by atoms with Gasteiger partial charge in [-0.2, -0.15) is 0 Å². The van der Waals surface area contributed by atoms with E-state index in [-0.39, 0.29) is 17.3 Å². The molecule has 0 saturated heterocycles. The largest absolute Gasteiger partial charge is 0.479 e. The van der Waals surface area contributed by atoms with Gasteiger partial charge in [-0.1, -0.05) is 44.7 Å². The standard InChI is InChI=1S/C34H49NO5S/c1-20-13-14-25(17-21(20)2)28-24(5)29(26-15-16-33(9,10)19-23(26)4)30(22(3)18-27(28)35-41(12,38)39)34(11,31(36)37)40-32(6,7)8/h13-14,17,23,26,35H,15-16,19H2,1-12H3,(H,36,37). The van der Waals surface area contributed by atoms with Gasteiger partial charge in [0.05, 0.1) is 17.6 Å². The Hall–Kier alpha value is -2.60.